The van der Waals surface area contributed by atoms with E-state index in [9.17, 15) is 9.59 Å². The summed E-state index contributed by atoms with van der Waals surface area (Å²) in [6.07, 6.45) is 2.21. The number of alkyl carbamates (subject to hydrolysis) is 1. The maximum atomic E-state index is 12.9. The minimum absolute atomic E-state index is 0.159. The number of rotatable bonds is 7. The van der Waals surface area contributed by atoms with Gasteiger partial charge in [-0.1, -0.05) is 6.07 Å². The van der Waals surface area contributed by atoms with Crippen molar-refractivity contribution >= 4 is 40.1 Å². The first-order valence-corrected chi connectivity index (χ1v) is 14.4. The molecule has 0 radical (unpaired) electrons. The van der Waals surface area contributed by atoms with Gasteiger partial charge in [0.15, 0.2) is 5.82 Å². The molecule has 1 saturated carbocycles. The van der Waals surface area contributed by atoms with E-state index in [4.69, 9.17) is 24.2 Å². The van der Waals surface area contributed by atoms with Crippen LogP contribution in [0.1, 0.15) is 60.1 Å². The predicted octanol–water partition coefficient (Wildman–Crippen LogP) is 5.66. The number of pyridine rings is 2. The number of nitrogens with zero attached hydrogens (tertiary/aromatic N) is 5. The lowest BCUT2D eigenvalue weighted by atomic mass is 10.1. The number of aryl methyl sites for hydroxylation is 1. The van der Waals surface area contributed by atoms with Crippen LogP contribution >= 0.6 is 0 Å². The van der Waals surface area contributed by atoms with E-state index in [-0.39, 0.29) is 5.92 Å². The van der Waals surface area contributed by atoms with Gasteiger partial charge in [-0.15, -0.1) is 0 Å². The van der Waals surface area contributed by atoms with Crippen LogP contribution in [-0.2, 0) is 26.8 Å². The van der Waals surface area contributed by atoms with Crippen molar-refractivity contribution < 1.29 is 23.8 Å². The Hall–Kier alpha value is -4.19. The van der Waals surface area contributed by atoms with Gasteiger partial charge in [0.1, 0.15) is 22.4 Å². The number of carbonyl (C=O) groups is 2. The van der Waals surface area contributed by atoms with Crippen molar-refractivity contribution in [2.75, 3.05) is 25.7 Å². The van der Waals surface area contributed by atoms with Crippen molar-refractivity contribution in [3.8, 4) is 11.4 Å². The number of carbonyl (C=O) groups excluding carboxylic acids is 2. The first-order chi connectivity index (χ1) is 20.1. The topological polar surface area (TPSA) is 136 Å². The van der Waals surface area contributed by atoms with Gasteiger partial charge in [0.25, 0.3) is 0 Å². The highest BCUT2D eigenvalue weighted by Gasteiger charge is 2.57. The van der Waals surface area contributed by atoms with E-state index in [1.165, 1.54) is 4.90 Å². The third-order valence-corrected chi connectivity index (χ3v) is 7.39. The highest BCUT2D eigenvalue weighted by atomic mass is 16.6. The molecule has 4 aromatic heterocycles. The van der Waals surface area contributed by atoms with E-state index < -0.39 is 28.9 Å². The molecular formula is C31H41N7O5. The number of H-pyrrole nitrogens is 1. The SMILES string of the molecule is COCC[C@@H]1CC1(NC(=O)OC(C)(C)C)c1cccc(-c2cc3c(nc(N(C)C(=O)OC(C)(C)C)c4ncn(C)c43)[nH]2)n1. The molecule has 230 valence electrons. The number of ether oxygens (including phenoxy) is 3. The normalized spacial score (nSPS) is 18.6. The van der Waals surface area contributed by atoms with Crippen molar-refractivity contribution in [3.63, 3.8) is 0 Å². The Morgan fingerprint density at radius 1 is 1.14 bits per heavy atom. The molecule has 12 nitrogen and oxygen atoms in total. The Balaban J connectivity index is 1.53. The molecule has 0 aliphatic heterocycles. The lowest BCUT2D eigenvalue weighted by Gasteiger charge is -2.24. The second kappa shape index (κ2) is 10.8. The fourth-order valence-corrected chi connectivity index (χ4v) is 5.36. The predicted molar refractivity (Wildman–Crippen MR) is 164 cm³/mol. The highest BCUT2D eigenvalue weighted by molar-refractivity contribution is 6.09. The van der Waals surface area contributed by atoms with E-state index >= 15 is 0 Å². The van der Waals surface area contributed by atoms with Gasteiger partial charge in [-0.05, 0) is 78.5 Å². The van der Waals surface area contributed by atoms with Crippen LogP contribution in [0.5, 0.6) is 0 Å². The Bertz CT molecular complexity index is 1680. The second-order valence-corrected chi connectivity index (χ2v) is 13.2. The zero-order chi connectivity index (χ0) is 31.3. The maximum absolute atomic E-state index is 12.9. The molecule has 2 atom stereocenters. The largest absolute Gasteiger partial charge is 0.444 e. The molecule has 4 aromatic rings. The standard InChI is InChI=1S/C31H41N7O5/c1-29(2,3)42-27(39)36-31(16-18(31)13-14-41-9)22-12-10-11-20(33-22)21-15-19-24-23(32-17-37(24)7)26(35-25(19)34-21)38(8)28(40)43-30(4,5)6/h10-12,15,17-18H,13-14,16H2,1-9H3,(H,34,35)(H,36,39)/t18-,31?/m1/s1. The Kier molecular flexibility index (Phi) is 7.62. The summed E-state index contributed by atoms with van der Waals surface area (Å²) in [6.45, 7) is 11.6. The van der Waals surface area contributed by atoms with Gasteiger partial charge in [-0.25, -0.2) is 24.5 Å². The van der Waals surface area contributed by atoms with Crippen LogP contribution in [0.2, 0.25) is 0 Å². The van der Waals surface area contributed by atoms with Crippen LogP contribution in [0.3, 0.4) is 0 Å². The number of hydrogen-bond acceptors (Lipinski definition) is 8. The summed E-state index contributed by atoms with van der Waals surface area (Å²) in [4.78, 5) is 44.9. The van der Waals surface area contributed by atoms with Crippen LogP contribution in [0.25, 0.3) is 33.5 Å². The van der Waals surface area contributed by atoms with Gasteiger partial charge in [0.05, 0.1) is 34.5 Å². The summed E-state index contributed by atoms with van der Waals surface area (Å²) < 4.78 is 18.4. The number of fused-ring (bicyclic) bond motifs is 3. The number of hydrogen-bond donors (Lipinski definition) is 2. The molecule has 0 saturated heterocycles. The zero-order valence-corrected chi connectivity index (χ0v) is 26.4. The van der Waals surface area contributed by atoms with Gasteiger partial charge in [-0.3, -0.25) is 4.90 Å². The van der Waals surface area contributed by atoms with Crippen LogP contribution in [0.4, 0.5) is 15.4 Å². The Morgan fingerprint density at radius 2 is 1.86 bits per heavy atom. The average molecular weight is 592 g/mol. The molecular weight excluding hydrogens is 550 g/mol. The first-order valence-electron chi connectivity index (χ1n) is 14.4. The van der Waals surface area contributed by atoms with Gasteiger partial charge >= 0.3 is 12.2 Å². The van der Waals surface area contributed by atoms with Crippen molar-refractivity contribution in [1.29, 1.82) is 0 Å². The van der Waals surface area contributed by atoms with Crippen molar-refractivity contribution in [2.24, 2.45) is 13.0 Å². The third kappa shape index (κ3) is 6.15. The summed E-state index contributed by atoms with van der Waals surface area (Å²) in [5, 5.41) is 3.95. The molecule has 1 aliphatic rings. The van der Waals surface area contributed by atoms with E-state index in [1.54, 1.807) is 20.5 Å². The molecule has 43 heavy (non-hydrogen) atoms. The first kappa shape index (κ1) is 30.3. The lowest BCUT2D eigenvalue weighted by molar-refractivity contribution is 0.0484. The van der Waals surface area contributed by atoms with Gasteiger partial charge < -0.3 is 29.1 Å². The minimum atomic E-state index is -0.658. The number of methoxy groups -OCH3 is 1. The maximum Gasteiger partial charge on any atom is 0.415 e. The summed E-state index contributed by atoms with van der Waals surface area (Å²) in [7, 11) is 5.19. The van der Waals surface area contributed by atoms with Crippen LogP contribution < -0.4 is 10.2 Å². The molecule has 12 heteroatoms. The number of imidazole rings is 1. The fraction of sp³-hybridized carbons (Fsp3) is 0.516. The van der Waals surface area contributed by atoms with Crippen molar-refractivity contribution in [2.45, 2.75) is 71.1 Å². The zero-order valence-electron chi connectivity index (χ0n) is 26.4. The number of aromatic amines is 1. The Morgan fingerprint density at radius 3 is 2.53 bits per heavy atom. The molecule has 0 aromatic carbocycles. The lowest BCUT2D eigenvalue weighted by Crippen LogP contribution is -2.41. The smallest absolute Gasteiger partial charge is 0.415 e. The van der Waals surface area contributed by atoms with E-state index in [1.807, 2.05) is 77.4 Å². The fourth-order valence-electron chi connectivity index (χ4n) is 5.36. The van der Waals surface area contributed by atoms with Crippen LogP contribution in [-0.4, -0.2) is 68.7 Å². The monoisotopic (exact) mass is 591 g/mol. The molecule has 2 N–H and O–H groups in total. The van der Waals surface area contributed by atoms with Gasteiger partial charge in [0.2, 0.25) is 0 Å². The van der Waals surface area contributed by atoms with E-state index in [2.05, 4.69) is 15.3 Å². The number of nitrogens with one attached hydrogen (secondary N) is 2. The molecule has 5 rings (SSSR count). The average Bonchev–Trinajstić information content (AvgIpc) is 3.21. The minimum Gasteiger partial charge on any atom is -0.444 e. The quantitative estimate of drug-likeness (QED) is 0.281. The van der Waals surface area contributed by atoms with Gasteiger partial charge in [-0.2, -0.15) is 0 Å². The van der Waals surface area contributed by atoms with Crippen molar-refractivity contribution in [3.05, 3.63) is 36.3 Å². The number of aromatic nitrogens is 5. The van der Waals surface area contributed by atoms with E-state index in [0.29, 0.717) is 29.3 Å². The molecule has 2 amide bonds. The van der Waals surface area contributed by atoms with E-state index in [0.717, 1.165) is 35.1 Å². The molecule has 1 unspecified atom stereocenters. The third-order valence-electron chi connectivity index (χ3n) is 7.39. The second-order valence-electron chi connectivity index (χ2n) is 13.2. The molecule has 1 fully saturated rings. The summed E-state index contributed by atoms with van der Waals surface area (Å²) >= 11 is 0. The van der Waals surface area contributed by atoms with Gasteiger partial charge in [0, 0.05) is 33.2 Å². The highest BCUT2D eigenvalue weighted by Crippen LogP contribution is 2.53. The Labute approximate surface area is 251 Å². The number of anilines is 1. The van der Waals surface area contributed by atoms with Crippen LogP contribution in [0, 0.1) is 5.92 Å². The molecule has 0 bridgehead atoms. The number of amides is 2. The van der Waals surface area contributed by atoms with Crippen molar-refractivity contribution in [1.82, 2.24) is 29.8 Å². The summed E-state index contributed by atoms with van der Waals surface area (Å²) in [6, 6.07) is 7.76. The molecule has 4 heterocycles. The summed E-state index contributed by atoms with van der Waals surface area (Å²) in [5.74, 6) is 0.541. The van der Waals surface area contributed by atoms with Crippen LogP contribution in [0.15, 0.2) is 30.6 Å². The molecule has 0 spiro atoms. The summed E-state index contributed by atoms with van der Waals surface area (Å²) in [5.41, 5.74) is 2.22. The molecule has 1 aliphatic carbocycles.